The Kier molecular flexibility index (Phi) is 7.11. The third-order valence-corrected chi connectivity index (χ3v) is 10.2. The van der Waals surface area contributed by atoms with Gasteiger partial charge in [0.15, 0.2) is 5.69 Å². The van der Waals surface area contributed by atoms with E-state index in [0.29, 0.717) is 70.0 Å². The Balaban J connectivity index is 1.64. The first-order valence-electron chi connectivity index (χ1n) is 12.3. The van der Waals surface area contributed by atoms with Crippen LogP contribution in [0.1, 0.15) is 23.3 Å². The van der Waals surface area contributed by atoms with Crippen LogP contribution in [0, 0.1) is 17.0 Å². The molecule has 2 saturated heterocycles. The zero-order valence-electron chi connectivity index (χ0n) is 21.2. The number of nitro groups is 1. The maximum atomic E-state index is 12.5. The Bertz CT molecular complexity index is 1500. The maximum Gasteiger partial charge on any atom is 0.304 e. The Hall–Kier alpha value is -3.14. The molecule has 3 aromatic heterocycles. The summed E-state index contributed by atoms with van der Waals surface area (Å²) < 4.78 is 30.2. The van der Waals surface area contributed by atoms with E-state index in [2.05, 4.69) is 19.8 Å². The van der Waals surface area contributed by atoms with E-state index in [1.165, 1.54) is 23.8 Å². The zero-order chi connectivity index (χ0) is 27.2. The Morgan fingerprint density at radius 2 is 1.87 bits per heavy atom. The molecule has 0 aromatic carbocycles. The van der Waals surface area contributed by atoms with Gasteiger partial charge >= 0.3 is 5.69 Å². The number of nitrogen functional groups attached to an aromatic ring is 2. The van der Waals surface area contributed by atoms with Crippen molar-refractivity contribution >= 4 is 54.5 Å². The summed E-state index contributed by atoms with van der Waals surface area (Å²) in [5.41, 5.74) is 12.8. The molecule has 38 heavy (non-hydrogen) atoms. The van der Waals surface area contributed by atoms with Crippen LogP contribution in [0.4, 0.5) is 23.3 Å². The largest absolute Gasteiger partial charge is 0.383 e. The zero-order valence-corrected chi connectivity index (χ0v) is 22.8. The van der Waals surface area contributed by atoms with E-state index >= 15 is 0 Å². The van der Waals surface area contributed by atoms with Gasteiger partial charge in [-0.05, 0) is 38.4 Å². The van der Waals surface area contributed by atoms with Crippen molar-refractivity contribution in [3.8, 4) is 11.3 Å². The lowest BCUT2D eigenvalue weighted by atomic mass is 10.0. The van der Waals surface area contributed by atoms with Crippen LogP contribution in [0.15, 0.2) is 6.20 Å². The molecule has 0 saturated carbocycles. The molecule has 2 aliphatic heterocycles. The van der Waals surface area contributed by atoms with E-state index in [1.54, 1.807) is 0 Å². The summed E-state index contributed by atoms with van der Waals surface area (Å²) in [5.74, 6) is 0.620. The van der Waals surface area contributed by atoms with Crippen LogP contribution in [0.25, 0.3) is 21.3 Å². The molecule has 2 aliphatic rings. The number of thiophene rings is 1. The van der Waals surface area contributed by atoms with Gasteiger partial charge in [0, 0.05) is 37.0 Å². The van der Waals surface area contributed by atoms with Crippen LogP contribution in [0.3, 0.4) is 0 Å². The molecule has 0 aliphatic carbocycles. The second kappa shape index (κ2) is 10.2. The molecule has 0 spiro atoms. The molecule has 0 unspecified atom stereocenters. The first-order chi connectivity index (χ1) is 18.0. The predicted octanol–water partition coefficient (Wildman–Crippen LogP) is 1.98. The number of nitrogens with zero attached hydrogens (tertiary/aromatic N) is 6. The summed E-state index contributed by atoms with van der Waals surface area (Å²) in [7, 11) is -3.07. The number of hydrogen-bond donors (Lipinski definition) is 2. The van der Waals surface area contributed by atoms with Gasteiger partial charge in [-0.3, -0.25) is 15.0 Å². The average molecular weight is 563 g/mol. The second-order valence-electron chi connectivity index (χ2n) is 9.68. The summed E-state index contributed by atoms with van der Waals surface area (Å²) in [5, 5.41) is 12.7. The molecule has 13 nitrogen and oxygen atoms in total. The van der Waals surface area contributed by atoms with E-state index < -0.39 is 14.8 Å². The van der Waals surface area contributed by atoms with Crippen LogP contribution < -0.4 is 16.4 Å². The van der Waals surface area contributed by atoms with Crippen LogP contribution in [0.2, 0.25) is 0 Å². The van der Waals surface area contributed by atoms with E-state index in [9.17, 15) is 18.5 Å². The van der Waals surface area contributed by atoms with Gasteiger partial charge in [-0.15, -0.1) is 11.3 Å². The molecule has 204 valence electrons. The third-order valence-electron chi connectivity index (χ3n) is 7.22. The molecule has 0 bridgehead atoms. The lowest BCUT2D eigenvalue weighted by molar-refractivity contribution is -0.382. The van der Waals surface area contributed by atoms with Crippen molar-refractivity contribution in [3.05, 3.63) is 26.8 Å². The summed E-state index contributed by atoms with van der Waals surface area (Å²) in [6.07, 6.45) is 3.81. The quantitative estimate of drug-likeness (QED) is 0.329. The molecule has 2 fully saturated rings. The number of aromatic nitrogens is 3. The second-order valence-corrected chi connectivity index (χ2v) is 13.1. The van der Waals surface area contributed by atoms with Crippen LogP contribution in [0.5, 0.6) is 0 Å². The monoisotopic (exact) mass is 562 g/mol. The highest BCUT2D eigenvalue weighted by molar-refractivity contribution is 7.91. The third kappa shape index (κ3) is 4.98. The smallest absolute Gasteiger partial charge is 0.304 e. The lowest BCUT2D eigenvalue weighted by Gasteiger charge is -2.30. The van der Waals surface area contributed by atoms with Crippen molar-refractivity contribution in [2.75, 3.05) is 62.0 Å². The number of hydrogen-bond acceptors (Lipinski definition) is 13. The number of piperidine rings is 1. The van der Waals surface area contributed by atoms with Crippen molar-refractivity contribution < 1.29 is 18.1 Å². The molecular weight excluding hydrogens is 532 g/mol. The van der Waals surface area contributed by atoms with E-state index in [0.717, 1.165) is 15.1 Å². The first kappa shape index (κ1) is 26.5. The highest BCUT2D eigenvalue weighted by Crippen LogP contribution is 2.47. The van der Waals surface area contributed by atoms with Gasteiger partial charge in [-0.2, -0.15) is 4.98 Å². The van der Waals surface area contributed by atoms with Crippen molar-refractivity contribution in [1.29, 1.82) is 0 Å². The fourth-order valence-electron chi connectivity index (χ4n) is 5.13. The number of anilines is 3. The van der Waals surface area contributed by atoms with Crippen molar-refractivity contribution in [3.63, 3.8) is 0 Å². The number of aryl methyl sites for hydroxylation is 1. The topological polar surface area (TPSA) is 184 Å². The highest BCUT2D eigenvalue weighted by atomic mass is 32.2. The molecule has 4 N–H and O–H groups in total. The van der Waals surface area contributed by atoms with E-state index in [4.69, 9.17) is 21.2 Å². The normalized spacial score (nSPS) is 17.8. The van der Waals surface area contributed by atoms with Crippen molar-refractivity contribution in [2.45, 2.75) is 31.6 Å². The number of nitrogens with two attached hydrogens (primary N) is 2. The van der Waals surface area contributed by atoms with Gasteiger partial charge in [0.2, 0.25) is 5.95 Å². The first-order valence-corrected chi connectivity index (χ1v) is 15.0. The van der Waals surface area contributed by atoms with Crippen LogP contribution in [-0.4, -0.2) is 84.1 Å². The minimum Gasteiger partial charge on any atom is -0.383 e. The average Bonchev–Trinajstić information content (AvgIpc) is 3.19. The molecule has 0 atom stereocenters. The SMILES string of the molecule is Cc1c(CN2CCC(S(C)(=O)=O)CC2)sc2c(N3CCOCC3)nc(-c3cnc(N)nc3N)c([N+](=O)[O-])c12. The summed E-state index contributed by atoms with van der Waals surface area (Å²) >= 11 is 1.49. The minimum absolute atomic E-state index is 0.0160. The summed E-state index contributed by atoms with van der Waals surface area (Å²) in [4.78, 5) is 30.2. The molecule has 0 amide bonds. The predicted molar refractivity (Wildman–Crippen MR) is 147 cm³/mol. The van der Waals surface area contributed by atoms with E-state index in [-0.39, 0.29) is 34.0 Å². The Morgan fingerprint density at radius 3 is 2.47 bits per heavy atom. The number of ether oxygens (including phenoxy) is 1. The number of pyridine rings is 1. The molecule has 5 rings (SSSR count). The number of likely N-dealkylation sites (tertiary alicyclic amines) is 1. The summed E-state index contributed by atoms with van der Waals surface area (Å²) in [6.45, 7) is 5.99. The fraction of sp³-hybridized carbons (Fsp3) is 0.522. The number of sulfone groups is 1. The van der Waals surface area contributed by atoms with Crippen molar-refractivity contribution in [2.24, 2.45) is 0 Å². The van der Waals surface area contributed by atoms with E-state index in [1.807, 2.05) is 6.92 Å². The minimum atomic E-state index is -3.07. The standard InChI is InChI=1S/C23H30N8O5S2/c1-13-16(12-29-5-3-14(4-6-29)38(2,34)35)37-20-17(13)19(31(32)33)18(15-11-26-23(25)28-21(15)24)27-22(20)30-7-9-36-10-8-30/h11,14H,3-10,12H2,1-2H3,(H4,24,25,26,28). The van der Waals surface area contributed by atoms with Crippen molar-refractivity contribution in [1.82, 2.24) is 19.9 Å². The van der Waals surface area contributed by atoms with Gasteiger partial charge in [0.1, 0.15) is 21.5 Å². The molecule has 3 aromatic rings. The fourth-order valence-corrected chi connectivity index (χ4v) is 7.56. The summed E-state index contributed by atoms with van der Waals surface area (Å²) in [6, 6.07) is 0. The number of rotatable bonds is 6. The van der Waals surface area contributed by atoms with Crippen LogP contribution in [-0.2, 0) is 21.1 Å². The molecule has 5 heterocycles. The van der Waals surface area contributed by atoms with Crippen LogP contribution >= 0.6 is 11.3 Å². The highest BCUT2D eigenvalue weighted by Gasteiger charge is 2.33. The van der Waals surface area contributed by atoms with Gasteiger partial charge in [0.25, 0.3) is 0 Å². The number of morpholine rings is 1. The Labute approximate surface area is 223 Å². The Morgan fingerprint density at radius 1 is 1.18 bits per heavy atom. The number of fused-ring (bicyclic) bond motifs is 1. The lowest BCUT2D eigenvalue weighted by Crippen LogP contribution is -2.38. The molecule has 15 heteroatoms. The van der Waals surface area contributed by atoms with Gasteiger partial charge in [0.05, 0.1) is 39.0 Å². The maximum absolute atomic E-state index is 12.5. The van der Waals surface area contributed by atoms with Gasteiger partial charge in [-0.1, -0.05) is 0 Å². The van der Waals surface area contributed by atoms with Gasteiger partial charge < -0.3 is 21.1 Å². The van der Waals surface area contributed by atoms with Gasteiger partial charge in [-0.25, -0.2) is 18.4 Å². The molecular formula is C23H30N8O5S2. The molecule has 0 radical (unpaired) electrons.